The molecule has 0 heterocycles. The highest BCUT2D eigenvalue weighted by atomic mass is 16.2. The average molecular weight is 329 g/mol. The molecule has 0 aromatic heterocycles. The van der Waals surface area contributed by atoms with Gasteiger partial charge in [0, 0.05) is 12.0 Å². The Balaban J connectivity index is 2.17. The normalized spacial score (nSPS) is 36.8. The Bertz CT molecular complexity index is 655. The number of carbonyl (C=O) groups is 2. The van der Waals surface area contributed by atoms with Gasteiger partial charge < -0.3 is 5.32 Å². The minimum absolute atomic E-state index is 0.0249. The zero-order valence-corrected chi connectivity index (χ0v) is 15.8. The van der Waals surface area contributed by atoms with Crippen LogP contribution < -0.4 is 5.32 Å². The van der Waals surface area contributed by atoms with Crippen LogP contribution in [0.15, 0.2) is 23.8 Å². The predicted molar refractivity (Wildman–Crippen MR) is 96.5 cm³/mol. The van der Waals surface area contributed by atoms with E-state index in [1.165, 1.54) is 11.6 Å². The molecule has 3 nitrogen and oxygen atoms in total. The van der Waals surface area contributed by atoms with Crippen LogP contribution in [0.1, 0.15) is 73.1 Å². The average Bonchev–Trinajstić information content (AvgIpc) is 2.31. The molecule has 3 rings (SSSR count). The van der Waals surface area contributed by atoms with Crippen LogP contribution in [-0.2, 0) is 9.59 Å². The molecule has 3 heteroatoms. The number of Topliss-reactive ketones (excluding diaryl/α,β-unsaturated/α-hetero) is 1. The van der Waals surface area contributed by atoms with Gasteiger partial charge in [-0.1, -0.05) is 46.8 Å². The van der Waals surface area contributed by atoms with Crippen LogP contribution in [0.2, 0.25) is 0 Å². The van der Waals surface area contributed by atoms with Gasteiger partial charge in [0.25, 0.3) is 0 Å². The fraction of sp³-hybridized carbons (Fsp3) is 0.714. The van der Waals surface area contributed by atoms with Crippen molar-refractivity contribution in [1.82, 2.24) is 5.32 Å². The topological polar surface area (TPSA) is 46.2 Å². The van der Waals surface area contributed by atoms with E-state index in [0.717, 1.165) is 37.7 Å². The summed E-state index contributed by atoms with van der Waals surface area (Å²) in [5.41, 5.74) is 1.99. The number of fused-ring (bicyclic) bond motifs is 3. The summed E-state index contributed by atoms with van der Waals surface area (Å²) < 4.78 is 0. The van der Waals surface area contributed by atoms with Gasteiger partial charge in [0.2, 0.25) is 5.91 Å². The zero-order chi connectivity index (χ0) is 18.0. The number of hydrogen-bond acceptors (Lipinski definition) is 2. The van der Waals surface area contributed by atoms with E-state index in [1.807, 2.05) is 0 Å². The zero-order valence-electron chi connectivity index (χ0n) is 15.8. The lowest BCUT2D eigenvalue weighted by atomic mass is 9.48. The van der Waals surface area contributed by atoms with E-state index in [1.54, 1.807) is 0 Å². The molecule has 24 heavy (non-hydrogen) atoms. The maximum atomic E-state index is 13.1. The molecule has 3 aliphatic carbocycles. The first-order valence-electron chi connectivity index (χ1n) is 9.10. The van der Waals surface area contributed by atoms with E-state index in [4.69, 9.17) is 0 Å². The molecule has 0 aromatic carbocycles. The fourth-order valence-electron chi connectivity index (χ4n) is 6.35. The molecule has 0 saturated heterocycles. The van der Waals surface area contributed by atoms with Crippen LogP contribution in [0, 0.1) is 16.2 Å². The lowest BCUT2D eigenvalue weighted by molar-refractivity contribution is -0.123. The molecule has 0 aromatic rings. The standard InChI is InChI=1S/C21H31NO2/c1-7-16(24)22-21-12-19(4,5)11-20(6,13-21)9-14-8-18(2,3)10-15(23)17(14)21/h7H,1,8-13H2,2-6H3,(H,22,24). The molecule has 132 valence electrons. The van der Waals surface area contributed by atoms with E-state index in [0.29, 0.717) is 6.42 Å². The van der Waals surface area contributed by atoms with Crippen molar-refractivity contribution in [2.75, 3.05) is 0 Å². The number of carbonyl (C=O) groups excluding carboxylic acids is 2. The molecule has 2 unspecified atom stereocenters. The highest BCUT2D eigenvalue weighted by Gasteiger charge is 2.58. The second-order valence-electron chi connectivity index (χ2n) is 10.4. The van der Waals surface area contributed by atoms with E-state index in [-0.39, 0.29) is 27.9 Å². The molecule has 1 N–H and O–H groups in total. The van der Waals surface area contributed by atoms with Crippen molar-refractivity contribution in [3.63, 3.8) is 0 Å². The quantitative estimate of drug-likeness (QED) is 0.766. The number of hydrogen-bond donors (Lipinski definition) is 1. The highest BCUT2D eigenvalue weighted by Crippen LogP contribution is 2.61. The van der Waals surface area contributed by atoms with Crippen LogP contribution in [-0.4, -0.2) is 17.2 Å². The smallest absolute Gasteiger partial charge is 0.244 e. The van der Waals surface area contributed by atoms with Gasteiger partial charge in [-0.25, -0.2) is 0 Å². The minimum Gasteiger partial charge on any atom is -0.343 e. The summed E-state index contributed by atoms with van der Waals surface area (Å²) in [6.07, 6.45) is 6.71. The van der Waals surface area contributed by atoms with Crippen molar-refractivity contribution in [3.05, 3.63) is 23.8 Å². The third-order valence-corrected chi connectivity index (χ3v) is 6.04. The van der Waals surface area contributed by atoms with Crippen LogP contribution in [0.3, 0.4) is 0 Å². The molecule has 0 aliphatic heterocycles. The maximum absolute atomic E-state index is 13.1. The van der Waals surface area contributed by atoms with Crippen LogP contribution in [0.4, 0.5) is 0 Å². The van der Waals surface area contributed by atoms with Crippen LogP contribution >= 0.6 is 0 Å². The van der Waals surface area contributed by atoms with Crippen molar-refractivity contribution < 1.29 is 9.59 Å². The molecular formula is C21H31NO2. The Kier molecular flexibility index (Phi) is 3.68. The molecule has 2 bridgehead atoms. The van der Waals surface area contributed by atoms with Crippen molar-refractivity contribution >= 4 is 11.7 Å². The SMILES string of the molecule is C=CC(=O)NC12CC(C)(C)CC(C)(CC3=C1C(=O)CC(C)(C)C3)C2. The van der Waals surface area contributed by atoms with Crippen molar-refractivity contribution in [1.29, 1.82) is 0 Å². The number of ketones is 1. The Labute approximate surface area is 146 Å². The van der Waals surface area contributed by atoms with Gasteiger partial charge in [-0.05, 0) is 54.4 Å². The largest absolute Gasteiger partial charge is 0.343 e. The molecule has 1 fully saturated rings. The Hall–Kier alpha value is -1.38. The number of amides is 1. The number of rotatable bonds is 2. The molecule has 3 aliphatic rings. The van der Waals surface area contributed by atoms with Crippen molar-refractivity contribution in [2.24, 2.45) is 16.2 Å². The monoisotopic (exact) mass is 329 g/mol. The molecule has 2 atom stereocenters. The third-order valence-electron chi connectivity index (χ3n) is 6.04. The van der Waals surface area contributed by atoms with Gasteiger partial charge in [0.15, 0.2) is 5.78 Å². The van der Waals surface area contributed by atoms with E-state index in [9.17, 15) is 9.59 Å². The van der Waals surface area contributed by atoms with E-state index in [2.05, 4.69) is 46.5 Å². The lowest BCUT2D eigenvalue weighted by Crippen LogP contribution is -2.62. The third kappa shape index (κ3) is 2.87. The summed E-state index contributed by atoms with van der Waals surface area (Å²) >= 11 is 0. The maximum Gasteiger partial charge on any atom is 0.244 e. The second kappa shape index (κ2) is 5.06. The molecule has 0 radical (unpaired) electrons. The fourth-order valence-corrected chi connectivity index (χ4v) is 6.35. The second-order valence-corrected chi connectivity index (χ2v) is 10.4. The number of allylic oxidation sites excluding steroid dienone is 1. The van der Waals surface area contributed by atoms with Crippen LogP contribution in [0.5, 0.6) is 0 Å². The molecule has 0 spiro atoms. The Morgan fingerprint density at radius 2 is 1.67 bits per heavy atom. The lowest BCUT2D eigenvalue weighted by Gasteiger charge is -2.59. The summed E-state index contributed by atoms with van der Waals surface area (Å²) in [6, 6.07) is 0. The van der Waals surface area contributed by atoms with Crippen molar-refractivity contribution in [2.45, 2.75) is 78.7 Å². The van der Waals surface area contributed by atoms with Gasteiger partial charge in [-0.3, -0.25) is 9.59 Å². The summed E-state index contributed by atoms with van der Waals surface area (Å²) in [4.78, 5) is 25.3. The van der Waals surface area contributed by atoms with Crippen molar-refractivity contribution in [3.8, 4) is 0 Å². The summed E-state index contributed by atoms with van der Waals surface area (Å²) in [7, 11) is 0. The summed E-state index contributed by atoms with van der Waals surface area (Å²) in [5, 5.41) is 3.22. The molecular weight excluding hydrogens is 298 g/mol. The predicted octanol–water partition coefficient (Wildman–Crippen LogP) is 4.33. The van der Waals surface area contributed by atoms with Gasteiger partial charge in [-0.2, -0.15) is 0 Å². The van der Waals surface area contributed by atoms with Gasteiger partial charge >= 0.3 is 0 Å². The molecule has 1 saturated carbocycles. The van der Waals surface area contributed by atoms with Gasteiger partial charge in [0.05, 0.1) is 5.54 Å². The minimum atomic E-state index is -0.511. The summed E-state index contributed by atoms with van der Waals surface area (Å²) in [5.74, 6) is 0.0757. The number of nitrogens with one attached hydrogen (secondary N) is 1. The Morgan fingerprint density at radius 3 is 2.29 bits per heavy atom. The van der Waals surface area contributed by atoms with E-state index >= 15 is 0 Å². The van der Waals surface area contributed by atoms with Gasteiger partial charge in [0.1, 0.15) is 0 Å². The Morgan fingerprint density at radius 1 is 1.00 bits per heavy atom. The highest BCUT2D eigenvalue weighted by molar-refractivity contribution is 6.01. The van der Waals surface area contributed by atoms with Gasteiger partial charge in [-0.15, -0.1) is 0 Å². The summed E-state index contributed by atoms with van der Waals surface area (Å²) in [6.45, 7) is 14.8. The van der Waals surface area contributed by atoms with E-state index < -0.39 is 5.54 Å². The van der Waals surface area contributed by atoms with Crippen LogP contribution in [0.25, 0.3) is 0 Å². The first-order valence-corrected chi connectivity index (χ1v) is 9.10. The first kappa shape index (κ1) is 17.4. The molecule has 1 amide bonds. The first-order chi connectivity index (χ1) is 10.9.